The lowest BCUT2D eigenvalue weighted by Gasteiger charge is -2.32. The van der Waals surface area contributed by atoms with Crippen LogP contribution in [0.4, 0.5) is 15.8 Å². The minimum Gasteiger partial charge on any atom is -0.487 e. The van der Waals surface area contributed by atoms with Crippen molar-refractivity contribution in [3.8, 4) is 23.2 Å². The number of fused-ring (bicyclic) bond motifs is 2. The maximum absolute atomic E-state index is 16.4. The van der Waals surface area contributed by atoms with E-state index in [4.69, 9.17) is 19.2 Å². The van der Waals surface area contributed by atoms with E-state index in [-0.39, 0.29) is 60.1 Å². The molecule has 2 N–H and O–H groups in total. The van der Waals surface area contributed by atoms with Crippen LogP contribution in [0.1, 0.15) is 35.6 Å². The summed E-state index contributed by atoms with van der Waals surface area (Å²) in [4.78, 5) is 46.6. The van der Waals surface area contributed by atoms with Crippen molar-refractivity contribution in [3.05, 3.63) is 190 Å². The number of halogens is 1. The van der Waals surface area contributed by atoms with Crippen molar-refractivity contribution in [2.45, 2.75) is 39.2 Å². The van der Waals surface area contributed by atoms with Crippen LogP contribution in [0, 0.1) is 5.82 Å². The molecular weight excluding hydrogens is 926 g/mol. The van der Waals surface area contributed by atoms with Gasteiger partial charge >= 0.3 is 15.9 Å². The van der Waals surface area contributed by atoms with Crippen molar-refractivity contribution in [2.75, 3.05) is 29.3 Å². The summed E-state index contributed by atoms with van der Waals surface area (Å²) in [5.74, 6) is -1.44. The number of hydrogen-bond donors (Lipinski definition) is 2. The van der Waals surface area contributed by atoms with Gasteiger partial charge < -0.3 is 19.5 Å². The van der Waals surface area contributed by atoms with Gasteiger partial charge in [-0.25, -0.2) is 18.2 Å². The number of amides is 2. The average Bonchev–Trinajstić information content (AvgIpc) is 3.80. The summed E-state index contributed by atoms with van der Waals surface area (Å²) in [5, 5.41) is 3.36. The molecule has 0 spiro atoms. The zero-order valence-corrected chi connectivity index (χ0v) is 39.6. The van der Waals surface area contributed by atoms with Gasteiger partial charge in [-0.3, -0.25) is 23.6 Å². The second kappa shape index (κ2) is 19.6. The molecule has 71 heavy (non-hydrogen) atoms. The van der Waals surface area contributed by atoms with Gasteiger partial charge in [0.05, 0.1) is 17.6 Å². The van der Waals surface area contributed by atoms with E-state index in [1.54, 1.807) is 40.4 Å². The number of aromatic nitrogens is 3. The minimum atomic E-state index is -4.36. The largest absolute Gasteiger partial charge is 0.487 e. The molecule has 2 aliphatic heterocycles. The molecule has 0 bridgehead atoms. The molecule has 0 radical (unpaired) electrons. The summed E-state index contributed by atoms with van der Waals surface area (Å²) in [6.07, 6.45) is 2.76. The van der Waals surface area contributed by atoms with E-state index in [0.717, 1.165) is 33.3 Å². The van der Waals surface area contributed by atoms with Crippen LogP contribution in [0.15, 0.2) is 156 Å². The van der Waals surface area contributed by atoms with Gasteiger partial charge in [-0.2, -0.15) is 13.4 Å². The van der Waals surface area contributed by atoms with Gasteiger partial charge in [-0.1, -0.05) is 103 Å². The molecule has 360 valence electrons. The number of pyridine rings is 1. The number of ether oxygens (including phenoxy) is 3. The van der Waals surface area contributed by atoms with E-state index in [2.05, 4.69) is 16.3 Å². The monoisotopic (exact) mass is 973 g/mol. The highest BCUT2D eigenvalue weighted by molar-refractivity contribution is 7.92. The Bertz CT molecular complexity index is 3530. The molecular formula is C54H48FN7O8S. The van der Waals surface area contributed by atoms with Gasteiger partial charge in [-0.05, 0) is 89.0 Å². The number of carbonyl (C=O) groups is 2. The van der Waals surface area contributed by atoms with Crippen LogP contribution in [0.25, 0.3) is 33.1 Å². The zero-order valence-electron chi connectivity index (χ0n) is 38.7. The van der Waals surface area contributed by atoms with Gasteiger partial charge in [0.1, 0.15) is 43.5 Å². The molecule has 0 unspecified atom stereocenters. The Hall–Kier alpha value is -8.28. The van der Waals surface area contributed by atoms with Crippen LogP contribution in [0.2, 0.25) is 0 Å². The Kier molecular flexibility index (Phi) is 12.8. The van der Waals surface area contributed by atoms with Crippen molar-refractivity contribution in [1.82, 2.24) is 23.7 Å². The third-order valence-corrected chi connectivity index (χ3v) is 13.9. The molecule has 1 saturated heterocycles. The van der Waals surface area contributed by atoms with Gasteiger partial charge in [-0.15, -0.1) is 0 Å². The molecule has 0 saturated carbocycles. The van der Waals surface area contributed by atoms with E-state index >= 15 is 4.39 Å². The first-order valence-electron chi connectivity index (χ1n) is 23.0. The Morgan fingerprint density at radius 1 is 0.789 bits per heavy atom. The standard InChI is InChI=1S/C54H48FN7O8S/c1-35-26-40(39-18-21-44-46(28-39)59(2)54(65)62(44)45-22-23-50(69-33-37-14-8-4-9-15-37)57-53(45)70-34-38-16-10-5-11-17-38)24-25-60(35)30-48(63)56-42-19-20-43-41(27-42)29-47(68-32-36-12-6-3-7-13-36)52(51(43)55)61-31-49(64)58-71(61,66)67/h3-23,26-29,35H,24-25,30-34H2,1-2H3,(H,56,63)(H,58,64)/t35-/m0/s1. The molecule has 2 amide bonds. The first-order valence-corrected chi connectivity index (χ1v) is 24.4. The third kappa shape index (κ3) is 9.82. The Labute approximate surface area is 408 Å². The molecule has 10 rings (SSSR count). The number of nitrogens with one attached hydrogen (secondary N) is 2. The first-order chi connectivity index (χ1) is 34.4. The molecule has 15 nitrogen and oxygen atoms in total. The second-order valence-corrected chi connectivity index (χ2v) is 19.0. The number of imidazole rings is 1. The number of carbonyl (C=O) groups excluding carboxylic acids is 2. The fourth-order valence-electron chi connectivity index (χ4n) is 8.93. The van der Waals surface area contributed by atoms with Gasteiger partial charge in [0.25, 0.3) is 5.91 Å². The first kappa shape index (κ1) is 46.4. The molecule has 6 aromatic carbocycles. The topological polar surface area (TPSA) is 166 Å². The minimum absolute atomic E-state index is 0.00274. The predicted octanol–water partition coefficient (Wildman–Crippen LogP) is 8.05. The lowest BCUT2D eigenvalue weighted by molar-refractivity contribution is -0.118. The Morgan fingerprint density at radius 2 is 1.45 bits per heavy atom. The van der Waals surface area contributed by atoms with E-state index < -0.39 is 28.5 Å². The maximum Gasteiger partial charge on any atom is 0.333 e. The predicted molar refractivity (Wildman–Crippen MR) is 269 cm³/mol. The second-order valence-electron chi connectivity index (χ2n) is 17.4. The summed E-state index contributed by atoms with van der Waals surface area (Å²) in [6.45, 7) is 2.61. The van der Waals surface area contributed by atoms with Crippen LogP contribution >= 0.6 is 0 Å². The van der Waals surface area contributed by atoms with Gasteiger partial charge in [0.15, 0.2) is 5.82 Å². The van der Waals surface area contributed by atoms with Gasteiger partial charge in [0.2, 0.25) is 17.7 Å². The molecule has 4 heterocycles. The smallest absolute Gasteiger partial charge is 0.333 e. The van der Waals surface area contributed by atoms with Crippen molar-refractivity contribution in [2.24, 2.45) is 7.05 Å². The number of hydrogen-bond acceptors (Lipinski definition) is 10. The normalized spacial score (nSPS) is 15.6. The third-order valence-electron chi connectivity index (χ3n) is 12.6. The summed E-state index contributed by atoms with van der Waals surface area (Å²) >= 11 is 0. The van der Waals surface area contributed by atoms with Crippen molar-refractivity contribution < 1.29 is 36.6 Å². The summed E-state index contributed by atoms with van der Waals surface area (Å²) < 4.78 is 66.3. The van der Waals surface area contributed by atoms with Crippen molar-refractivity contribution >= 4 is 60.8 Å². The lowest BCUT2D eigenvalue weighted by Crippen LogP contribution is -2.41. The van der Waals surface area contributed by atoms with Crippen molar-refractivity contribution in [1.29, 1.82) is 0 Å². The maximum atomic E-state index is 16.4. The summed E-state index contributed by atoms with van der Waals surface area (Å²) in [7, 11) is -2.62. The van der Waals surface area contributed by atoms with E-state index in [1.165, 1.54) is 12.1 Å². The highest BCUT2D eigenvalue weighted by atomic mass is 32.2. The summed E-state index contributed by atoms with van der Waals surface area (Å²) in [6, 6.07) is 44.1. The number of benzene rings is 6. The number of rotatable bonds is 15. The number of aryl methyl sites for hydroxylation is 1. The van der Waals surface area contributed by atoms with Crippen LogP contribution in [0.3, 0.4) is 0 Å². The van der Waals surface area contributed by atoms with Crippen LogP contribution in [0.5, 0.6) is 17.5 Å². The number of anilines is 2. The van der Waals surface area contributed by atoms with E-state index in [1.807, 2.05) is 121 Å². The van der Waals surface area contributed by atoms with E-state index in [0.29, 0.717) is 52.0 Å². The van der Waals surface area contributed by atoms with Crippen LogP contribution < -0.4 is 34.2 Å². The van der Waals surface area contributed by atoms with Crippen molar-refractivity contribution in [3.63, 3.8) is 0 Å². The van der Waals surface area contributed by atoms with E-state index in [9.17, 15) is 22.8 Å². The quantitative estimate of drug-likeness (QED) is 0.103. The molecule has 8 aromatic rings. The fourth-order valence-corrected chi connectivity index (χ4v) is 10.1. The highest BCUT2D eigenvalue weighted by Crippen LogP contribution is 2.40. The van der Waals surface area contributed by atoms with Gasteiger partial charge in [0, 0.05) is 36.8 Å². The molecule has 0 aliphatic carbocycles. The lowest BCUT2D eigenvalue weighted by atomic mass is 9.96. The SMILES string of the molecule is C[C@H]1C=C(c2ccc3c(c2)n(C)c(=O)n3-c2ccc(OCc3ccccc3)nc2OCc2ccccc2)CCN1CC(=O)Nc1ccc2c(F)c(N3CC(=O)NS3(=O)=O)c(OCc3ccccc3)cc2c1. The Morgan fingerprint density at radius 3 is 2.10 bits per heavy atom. The molecule has 2 aromatic heterocycles. The van der Waals surface area contributed by atoms with Crippen LogP contribution in [-0.4, -0.2) is 64.9 Å². The Balaban J connectivity index is 0.855. The molecule has 1 atom stereocenters. The highest BCUT2D eigenvalue weighted by Gasteiger charge is 2.38. The molecule has 17 heteroatoms. The fraction of sp³-hybridized carbons (Fsp3) is 0.185. The summed E-state index contributed by atoms with van der Waals surface area (Å²) in [5.41, 5.74) is 6.34. The zero-order chi connectivity index (χ0) is 49.2. The molecule has 2 aliphatic rings. The molecule has 1 fully saturated rings. The average molecular weight is 974 g/mol. The van der Waals surface area contributed by atoms with Crippen LogP contribution in [-0.2, 0) is 46.7 Å². The number of nitrogens with zero attached hydrogens (tertiary/aromatic N) is 5.